The number of carbonyl (C=O) groups is 3. The van der Waals surface area contributed by atoms with Crippen molar-refractivity contribution in [1.82, 2.24) is 4.90 Å². The number of hydrogen-bond donors (Lipinski definition) is 0. The zero-order valence-electron chi connectivity index (χ0n) is 23.5. The number of methoxy groups -OCH3 is 1. The van der Waals surface area contributed by atoms with E-state index in [0.717, 1.165) is 15.9 Å². The molecule has 0 radical (unpaired) electrons. The first kappa shape index (κ1) is 30.2. The number of ether oxygens (including phenoxy) is 1. The van der Waals surface area contributed by atoms with Crippen LogP contribution < -0.4 is 4.90 Å². The minimum Gasteiger partial charge on any atom is -0.465 e. The molecule has 0 aliphatic carbocycles. The molecule has 1 saturated heterocycles. The summed E-state index contributed by atoms with van der Waals surface area (Å²) in [6, 6.07) is 13.7. The maximum absolute atomic E-state index is 15.9. The van der Waals surface area contributed by atoms with Crippen LogP contribution in [0.5, 0.6) is 0 Å². The second kappa shape index (κ2) is 10.8. The number of halogens is 4. The summed E-state index contributed by atoms with van der Waals surface area (Å²) in [6.07, 6.45) is 0.117. The van der Waals surface area contributed by atoms with Gasteiger partial charge in [-0.1, -0.05) is 62.2 Å². The Kier molecular flexibility index (Phi) is 7.57. The average Bonchev–Trinajstić information content (AvgIpc) is 3.37. The zero-order valence-corrected chi connectivity index (χ0v) is 25.1. The highest BCUT2D eigenvalue weighted by atomic mass is 35.5. The molecular formula is C32H25Cl2F2N3O4. The lowest BCUT2D eigenvalue weighted by molar-refractivity contribution is -0.114. The summed E-state index contributed by atoms with van der Waals surface area (Å²) in [6.45, 7) is 5.62. The summed E-state index contributed by atoms with van der Waals surface area (Å²) < 4.78 is 36.4. The summed E-state index contributed by atoms with van der Waals surface area (Å²) in [5, 5.41) is 10.8. The Morgan fingerprint density at radius 1 is 1.07 bits per heavy atom. The summed E-state index contributed by atoms with van der Waals surface area (Å²) in [7, 11) is 1.22. The molecule has 1 fully saturated rings. The van der Waals surface area contributed by atoms with Gasteiger partial charge in [0.25, 0.3) is 5.91 Å². The van der Waals surface area contributed by atoms with Gasteiger partial charge in [-0.2, -0.15) is 5.26 Å². The third-order valence-electron chi connectivity index (χ3n) is 7.59. The molecule has 2 aliphatic rings. The minimum atomic E-state index is -2.03. The van der Waals surface area contributed by atoms with E-state index >= 15 is 8.78 Å². The van der Waals surface area contributed by atoms with Crippen molar-refractivity contribution in [1.29, 1.82) is 5.26 Å². The number of amides is 3. The van der Waals surface area contributed by atoms with Crippen LogP contribution in [0.4, 0.5) is 19.3 Å². The first-order valence-electron chi connectivity index (χ1n) is 13.2. The largest absolute Gasteiger partial charge is 0.465 e. The van der Waals surface area contributed by atoms with Crippen molar-refractivity contribution in [3.8, 4) is 6.07 Å². The fraction of sp³-hybridized carbons (Fsp3) is 0.250. The summed E-state index contributed by atoms with van der Waals surface area (Å²) in [5.41, 5.74) is -3.10. The number of hydrogen-bond acceptors (Lipinski definition) is 5. The van der Waals surface area contributed by atoms with Gasteiger partial charge in [0.05, 0.1) is 35.5 Å². The van der Waals surface area contributed by atoms with Crippen molar-refractivity contribution >= 4 is 52.4 Å². The Balaban J connectivity index is 1.85. The van der Waals surface area contributed by atoms with Crippen molar-refractivity contribution in [2.24, 2.45) is 5.41 Å². The summed E-state index contributed by atoms with van der Waals surface area (Å²) in [5.74, 6) is -3.25. The molecule has 2 heterocycles. The number of benzene rings is 3. The molecular weight excluding hydrogens is 599 g/mol. The topological polar surface area (TPSA) is 90.7 Å². The Morgan fingerprint density at radius 3 is 2.33 bits per heavy atom. The van der Waals surface area contributed by atoms with Gasteiger partial charge < -0.3 is 4.74 Å². The molecule has 2 aliphatic heterocycles. The SMILES string of the molecule is COC(=O)c1ccc(N2C(=O)C3=C(c4cccc(Cl)c4F)[C@@](C#N)(c4ccc(Cl)cc4F)[C@H](CC(C)(C)C)N3C2=O)cc1. The van der Waals surface area contributed by atoms with Gasteiger partial charge in [-0.3, -0.25) is 9.69 Å². The number of carbonyl (C=O) groups excluding carboxylic acids is 3. The fourth-order valence-corrected chi connectivity index (χ4v) is 6.16. The standard InChI is InChI=1S/C32H25Cl2F2N3O4/c1-31(2,3)15-24-32(16-37,21-13-10-18(33)14-23(21)35)25(20-6-5-7-22(34)26(20)36)27-28(40)38(30(42)39(24)27)19-11-8-17(9-12-19)29(41)43-4/h5-14,24H,15H2,1-4H3/t24-,32-/m0/s1. The van der Waals surface area contributed by atoms with E-state index in [-0.39, 0.29) is 50.1 Å². The molecule has 0 aromatic heterocycles. The van der Waals surface area contributed by atoms with Crippen molar-refractivity contribution in [3.63, 3.8) is 0 Å². The van der Waals surface area contributed by atoms with Gasteiger partial charge in [-0.25, -0.2) is 23.3 Å². The number of esters is 1. The van der Waals surface area contributed by atoms with E-state index < -0.39 is 46.4 Å². The molecule has 0 saturated carbocycles. The van der Waals surface area contributed by atoms with Crippen molar-refractivity contribution in [3.05, 3.63) is 105 Å². The third kappa shape index (κ3) is 4.75. The van der Waals surface area contributed by atoms with E-state index in [1.165, 1.54) is 61.7 Å². The second-order valence-electron chi connectivity index (χ2n) is 11.5. The number of rotatable bonds is 5. The first-order chi connectivity index (χ1) is 20.3. The highest BCUT2D eigenvalue weighted by Gasteiger charge is 2.64. The molecule has 0 bridgehead atoms. The number of imide groups is 1. The van der Waals surface area contributed by atoms with Gasteiger partial charge in [0.15, 0.2) is 0 Å². The molecule has 0 unspecified atom stereocenters. The Hall–Kier alpha value is -4.26. The molecule has 220 valence electrons. The molecule has 3 amide bonds. The zero-order chi connectivity index (χ0) is 31.4. The molecule has 7 nitrogen and oxygen atoms in total. The van der Waals surface area contributed by atoms with Crippen LogP contribution in [0.25, 0.3) is 5.57 Å². The van der Waals surface area contributed by atoms with Crippen LogP contribution in [-0.2, 0) is 14.9 Å². The molecule has 0 N–H and O–H groups in total. The lowest BCUT2D eigenvalue weighted by Crippen LogP contribution is -2.49. The van der Waals surface area contributed by atoms with Crippen molar-refractivity contribution in [2.45, 2.75) is 38.6 Å². The average molecular weight is 624 g/mol. The van der Waals surface area contributed by atoms with Gasteiger partial charge in [0.1, 0.15) is 22.7 Å². The van der Waals surface area contributed by atoms with E-state index in [2.05, 4.69) is 6.07 Å². The van der Waals surface area contributed by atoms with E-state index in [1.54, 1.807) is 0 Å². The number of fused-ring (bicyclic) bond motifs is 1. The van der Waals surface area contributed by atoms with Crippen LogP contribution in [0.3, 0.4) is 0 Å². The lowest BCUT2D eigenvalue weighted by atomic mass is 9.65. The van der Waals surface area contributed by atoms with Crippen LogP contribution in [0.2, 0.25) is 10.0 Å². The molecule has 3 aromatic carbocycles. The van der Waals surface area contributed by atoms with Crippen molar-refractivity contribution < 1.29 is 27.9 Å². The first-order valence-corrected chi connectivity index (χ1v) is 13.9. The Bertz CT molecular complexity index is 1760. The van der Waals surface area contributed by atoms with Crippen LogP contribution >= 0.6 is 23.2 Å². The Morgan fingerprint density at radius 2 is 1.74 bits per heavy atom. The van der Waals surface area contributed by atoms with E-state index in [0.29, 0.717) is 0 Å². The van der Waals surface area contributed by atoms with Crippen LogP contribution in [0, 0.1) is 28.4 Å². The maximum atomic E-state index is 15.9. The second-order valence-corrected chi connectivity index (χ2v) is 12.3. The normalized spacial score (nSPS) is 20.0. The maximum Gasteiger partial charge on any atom is 0.337 e. The number of nitrogens with zero attached hydrogens (tertiary/aromatic N) is 3. The van der Waals surface area contributed by atoms with Gasteiger partial charge in [-0.15, -0.1) is 0 Å². The summed E-state index contributed by atoms with van der Waals surface area (Å²) >= 11 is 12.2. The van der Waals surface area contributed by atoms with E-state index in [1.807, 2.05) is 20.8 Å². The van der Waals surface area contributed by atoms with E-state index in [9.17, 15) is 19.6 Å². The molecule has 3 aromatic rings. The monoisotopic (exact) mass is 623 g/mol. The number of nitriles is 1. The van der Waals surface area contributed by atoms with Gasteiger partial charge >= 0.3 is 12.0 Å². The third-order valence-corrected chi connectivity index (χ3v) is 8.12. The molecule has 2 atom stereocenters. The molecule has 43 heavy (non-hydrogen) atoms. The molecule has 0 spiro atoms. The van der Waals surface area contributed by atoms with Gasteiger partial charge in [-0.05, 0) is 54.3 Å². The number of urea groups is 1. The van der Waals surface area contributed by atoms with Crippen LogP contribution in [0.1, 0.15) is 48.7 Å². The summed E-state index contributed by atoms with van der Waals surface area (Å²) in [4.78, 5) is 42.5. The lowest BCUT2D eigenvalue weighted by Gasteiger charge is -2.39. The number of anilines is 1. The van der Waals surface area contributed by atoms with Crippen LogP contribution in [-0.4, -0.2) is 36.0 Å². The highest BCUT2D eigenvalue weighted by Crippen LogP contribution is 2.57. The molecule has 5 rings (SSSR count). The van der Waals surface area contributed by atoms with Gasteiger partial charge in [0, 0.05) is 21.7 Å². The van der Waals surface area contributed by atoms with E-state index in [4.69, 9.17) is 27.9 Å². The fourth-order valence-electron chi connectivity index (χ4n) is 5.83. The predicted octanol–water partition coefficient (Wildman–Crippen LogP) is 7.52. The van der Waals surface area contributed by atoms with Crippen molar-refractivity contribution in [2.75, 3.05) is 12.0 Å². The predicted molar refractivity (Wildman–Crippen MR) is 157 cm³/mol. The minimum absolute atomic E-state index is 0.0667. The quantitative estimate of drug-likeness (QED) is 0.216. The highest BCUT2D eigenvalue weighted by molar-refractivity contribution is 6.32. The van der Waals surface area contributed by atoms with Gasteiger partial charge in [0.2, 0.25) is 0 Å². The molecule has 11 heteroatoms. The smallest absolute Gasteiger partial charge is 0.337 e. The Labute approximate surface area is 256 Å². The van der Waals surface area contributed by atoms with Crippen LogP contribution in [0.15, 0.2) is 66.4 Å².